The number of benzene rings is 3. The molecule has 8 N–H and O–H groups in total. The predicted molar refractivity (Wildman–Crippen MR) is 137 cm³/mol. The summed E-state index contributed by atoms with van der Waals surface area (Å²) in [5, 5.41) is 82.5. The van der Waals surface area contributed by atoms with Gasteiger partial charge in [-0.2, -0.15) is 0 Å². The van der Waals surface area contributed by atoms with E-state index in [4.69, 9.17) is 23.7 Å². The maximum atomic E-state index is 10.3. The number of aliphatic hydroxyl groups excluding tert-OH is 8. The third-order valence-corrected chi connectivity index (χ3v) is 7.26. The summed E-state index contributed by atoms with van der Waals surface area (Å²) in [5.41, 5.74) is 0. The van der Waals surface area contributed by atoms with E-state index < -0.39 is 74.6 Å². The van der Waals surface area contributed by atoms with Crippen molar-refractivity contribution in [3.63, 3.8) is 0 Å². The lowest BCUT2D eigenvalue weighted by atomic mass is 9.99. The topological polar surface area (TPSA) is 208 Å². The van der Waals surface area contributed by atoms with Crippen molar-refractivity contribution in [2.24, 2.45) is 0 Å². The summed E-state index contributed by atoms with van der Waals surface area (Å²) in [6.07, 6.45) is -14.2. The average molecular weight is 565 g/mol. The van der Waals surface area contributed by atoms with Crippen LogP contribution >= 0.6 is 0 Å². The second-order valence-corrected chi connectivity index (χ2v) is 9.80. The molecule has 13 heteroatoms. The Morgan fingerprint density at radius 1 is 0.625 bits per heavy atom. The summed E-state index contributed by atoms with van der Waals surface area (Å²) in [4.78, 5) is 0. The Labute approximate surface area is 227 Å². The molecule has 0 radical (unpaired) electrons. The van der Waals surface area contributed by atoms with Crippen LogP contribution < -0.4 is 14.2 Å². The van der Waals surface area contributed by atoms with Gasteiger partial charge in [0.05, 0.1) is 20.3 Å². The molecule has 3 aromatic rings. The first kappa shape index (κ1) is 28.7. The van der Waals surface area contributed by atoms with Crippen molar-refractivity contribution in [2.75, 3.05) is 20.3 Å². The maximum absolute atomic E-state index is 10.3. The normalized spacial score (nSPS) is 34.6. The molecule has 2 saturated heterocycles. The van der Waals surface area contributed by atoms with E-state index in [9.17, 15) is 40.9 Å². The van der Waals surface area contributed by atoms with E-state index in [0.29, 0.717) is 16.9 Å². The van der Waals surface area contributed by atoms with Crippen LogP contribution in [0.5, 0.6) is 17.2 Å². The summed E-state index contributed by atoms with van der Waals surface area (Å²) in [7, 11) is 1.47. The van der Waals surface area contributed by atoms with Crippen LogP contribution in [0.4, 0.5) is 0 Å². The summed E-state index contributed by atoms with van der Waals surface area (Å²) >= 11 is 0. The summed E-state index contributed by atoms with van der Waals surface area (Å²) in [6.45, 7) is -1.16. The van der Waals surface area contributed by atoms with Crippen molar-refractivity contribution in [1.82, 2.24) is 0 Å². The minimum absolute atomic E-state index is 0.246. The molecule has 0 spiro atoms. The molecule has 0 aliphatic carbocycles. The number of fused-ring (bicyclic) bond motifs is 3. The van der Waals surface area contributed by atoms with E-state index in [0.717, 1.165) is 16.2 Å². The Morgan fingerprint density at radius 3 is 1.70 bits per heavy atom. The lowest BCUT2D eigenvalue weighted by molar-refractivity contribution is -0.277. The zero-order chi connectivity index (χ0) is 28.7. The van der Waals surface area contributed by atoms with Gasteiger partial charge in [-0.3, -0.25) is 0 Å². The Bertz CT molecular complexity index is 1330. The monoisotopic (exact) mass is 564 g/mol. The van der Waals surface area contributed by atoms with Crippen LogP contribution in [0.15, 0.2) is 42.5 Å². The largest absolute Gasteiger partial charge is 0.496 e. The number of rotatable bonds is 7. The van der Waals surface area contributed by atoms with Gasteiger partial charge >= 0.3 is 0 Å². The highest BCUT2D eigenvalue weighted by Gasteiger charge is 2.45. The Morgan fingerprint density at radius 2 is 1.15 bits per heavy atom. The van der Waals surface area contributed by atoms with Crippen LogP contribution in [-0.4, -0.2) is 123 Å². The first-order valence-corrected chi connectivity index (χ1v) is 12.7. The fourth-order valence-electron chi connectivity index (χ4n) is 5.02. The maximum Gasteiger partial charge on any atom is 0.229 e. The second kappa shape index (κ2) is 11.6. The molecule has 0 bridgehead atoms. The van der Waals surface area contributed by atoms with Gasteiger partial charge in [0.15, 0.2) is 0 Å². The van der Waals surface area contributed by atoms with Gasteiger partial charge in [-0.25, -0.2) is 0 Å². The first-order chi connectivity index (χ1) is 19.2. The molecule has 0 aromatic heterocycles. The van der Waals surface area contributed by atoms with Gasteiger partial charge in [0.2, 0.25) is 12.6 Å². The van der Waals surface area contributed by atoms with E-state index in [1.807, 2.05) is 0 Å². The van der Waals surface area contributed by atoms with Gasteiger partial charge in [0.25, 0.3) is 0 Å². The van der Waals surface area contributed by atoms with Crippen LogP contribution in [0.3, 0.4) is 0 Å². The standard InChI is InChI=1S/C27H32O13/c1-36-16-8-14(38-27-25(35)23(33)21(31)18(10-29)40-27)7-12-3-2-11-6-13(4-5-15(11)19(12)16)37-26-24(34)22(32)20(30)17(9-28)39-26/h2-8,17-18,20-35H,9-10H2,1H3/t17-,18+,20+,21+,22-,23-,24+,25+,26+,27+/m0/s1. The molecule has 3 aromatic carbocycles. The molecule has 10 atom stereocenters. The van der Waals surface area contributed by atoms with Crippen molar-refractivity contribution < 1.29 is 64.5 Å². The van der Waals surface area contributed by atoms with Crippen molar-refractivity contribution in [2.45, 2.75) is 61.4 Å². The van der Waals surface area contributed by atoms with Crippen molar-refractivity contribution in [3.8, 4) is 17.2 Å². The number of ether oxygens (including phenoxy) is 5. The molecule has 0 unspecified atom stereocenters. The van der Waals surface area contributed by atoms with E-state index in [2.05, 4.69) is 0 Å². The lowest BCUT2D eigenvalue weighted by Crippen LogP contribution is -2.60. The third kappa shape index (κ3) is 5.17. The van der Waals surface area contributed by atoms with Crippen molar-refractivity contribution in [3.05, 3.63) is 42.5 Å². The molecular formula is C27H32O13. The second-order valence-electron chi connectivity index (χ2n) is 9.80. The summed E-state index contributed by atoms with van der Waals surface area (Å²) in [6, 6.07) is 11.9. The number of aliphatic hydroxyl groups is 8. The van der Waals surface area contributed by atoms with Crippen molar-refractivity contribution >= 4 is 21.5 Å². The van der Waals surface area contributed by atoms with Gasteiger partial charge in [0.1, 0.15) is 66.1 Å². The van der Waals surface area contributed by atoms with Crippen LogP contribution in [0.2, 0.25) is 0 Å². The van der Waals surface area contributed by atoms with E-state index in [1.54, 1.807) is 42.5 Å². The first-order valence-electron chi connectivity index (χ1n) is 12.7. The average Bonchev–Trinajstić information content (AvgIpc) is 2.96. The van der Waals surface area contributed by atoms with Crippen LogP contribution in [0.25, 0.3) is 21.5 Å². The predicted octanol–water partition coefficient (Wildman–Crippen LogP) is -1.64. The highest BCUT2D eigenvalue weighted by Crippen LogP contribution is 2.39. The Balaban J connectivity index is 1.42. The van der Waals surface area contributed by atoms with E-state index in [-0.39, 0.29) is 5.75 Å². The molecule has 13 nitrogen and oxygen atoms in total. The molecule has 2 aliphatic rings. The molecule has 218 valence electrons. The molecule has 2 fully saturated rings. The molecule has 5 rings (SSSR count). The van der Waals surface area contributed by atoms with Gasteiger partial charge in [-0.05, 0) is 40.4 Å². The smallest absolute Gasteiger partial charge is 0.229 e. The minimum atomic E-state index is -1.58. The number of hydrogen-bond donors (Lipinski definition) is 8. The fourth-order valence-corrected chi connectivity index (χ4v) is 5.02. The molecule has 0 amide bonds. The third-order valence-electron chi connectivity index (χ3n) is 7.26. The SMILES string of the molecule is COc1cc(O[C@@H]2O[C@H](CO)[C@@H](O)[C@H](O)[C@H]2O)cc2ccc3cc(O[C@@H]4O[C@@H](CO)[C@@H](O)[C@H](O)[C@H]4O)ccc3c12. The van der Waals surface area contributed by atoms with Crippen LogP contribution in [0.1, 0.15) is 0 Å². The summed E-state index contributed by atoms with van der Waals surface area (Å²) in [5.74, 6) is 0.971. The lowest BCUT2D eigenvalue weighted by Gasteiger charge is -2.39. The van der Waals surface area contributed by atoms with Crippen LogP contribution in [-0.2, 0) is 9.47 Å². The van der Waals surface area contributed by atoms with Gasteiger partial charge in [-0.15, -0.1) is 0 Å². The molecular weight excluding hydrogens is 532 g/mol. The minimum Gasteiger partial charge on any atom is -0.496 e. The zero-order valence-corrected chi connectivity index (χ0v) is 21.3. The van der Waals surface area contributed by atoms with E-state index in [1.165, 1.54) is 7.11 Å². The fraction of sp³-hybridized carbons (Fsp3) is 0.481. The molecule has 2 heterocycles. The van der Waals surface area contributed by atoms with E-state index >= 15 is 0 Å². The molecule has 2 aliphatic heterocycles. The quantitative estimate of drug-likeness (QED) is 0.152. The van der Waals surface area contributed by atoms with Gasteiger partial charge < -0.3 is 64.5 Å². The van der Waals surface area contributed by atoms with Crippen molar-refractivity contribution in [1.29, 1.82) is 0 Å². The van der Waals surface area contributed by atoms with Gasteiger partial charge in [-0.1, -0.05) is 12.1 Å². The Hall–Kier alpha value is -2.82. The molecule has 0 saturated carbocycles. The highest BCUT2D eigenvalue weighted by molar-refractivity contribution is 6.11. The zero-order valence-electron chi connectivity index (χ0n) is 21.3. The number of methoxy groups -OCH3 is 1. The molecule has 40 heavy (non-hydrogen) atoms. The Kier molecular flexibility index (Phi) is 8.31. The highest BCUT2D eigenvalue weighted by atomic mass is 16.7. The van der Waals surface area contributed by atoms with Crippen LogP contribution in [0, 0.1) is 0 Å². The van der Waals surface area contributed by atoms with Gasteiger partial charge in [0, 0.05) is 11.5 Å². The summed E-state index contributed by atoms with van der Waals surface area (Å²) < 4.78 is 28.0. The number of hydrogen-bond acceptors (Lipinski definition) is 13.